The highest BCUT2D eigenvalue weighted by atomic mass is 32.2. The number of rotatable bonds is 2. The first kappa shape index (κ1) is 9.19. The van der Waals surface area contributed by atoms with E-state index >= 15 is 0 Å². The van der Waals surface area contributed by atoms with Crippen molar-refractivity contribution in [2.45, 2.75) is 25.7 Å². The van der Waals surface area contributed by atoms with E-state index in [-0.39, 0.29) is 29.1 Å². The molecule has 1 saturated heterocycles. The first-order valence-electron chi connectivity index (χ1n) is 4.83. The zero-order chi connectivity index (χ0) is 9.47. The summed E-state index contributed by atoms with van der Waals surface area (Å²) >= 11 is 0. The maximum atomic E-state index is 11.6. The highest BCUT2D eigenvalue weighted by Gasteiger charge is 2.38. The fraction of sp³-hybridized carbons (Fsp3) is 0.889. The number of carbonyl (C=O) groups is 1. The Morgan fingerprint density at radius 3 is 2.31 bits per heavy atom. The fourth-order valence-corrected chi connectivity index (χ4v) is 3.67. The smallest absolute Gasteiger partial charge is 0.151 e. The number of hydrogen-bond acceptors (Lipinski definition) is 3. The summed E-state index contributed by atoms with van der Waals surface area (Å²) in [5, 5.41) is 0. The molecule has 0 aromatic heterocycles. The third kappa shape index (κ3) is 2.10. The molecule has 0 bridgehead atoms. The average Bonchev–Trinajstić information content (AvgIpc) is 2.83. The van der Waals surface area contributed by atoms with Crippen LogP contribution in [-0.2, 0) is 14.6 Å². The lowest BCUT2D eigenvalue weighted by Gasteiger charge is -2.20. The minimum atomic E-state index is -2.90. The minimum absolute atomic E-state index is 0.113. The Bertz CT molecular complexity index is 314. The maximum Gasteiger partial charge on any atom is 0.151 e. The number of ketones is 1. The zero-order valence-electron chi connectivity index (χ0n) is 7.53. The molecule has 0 aromatic rings. The minimum Gasteiger partial charge on any atom is -0.299 e. The first-order chi connectivity index (χ1) is 6.08. The van der Waals surface area contributed by atoms with E-state index < -0.39 is 9.84 Å². The van der Waals surface area contributed by atoms with Crippen LogP contribution in [0.2, 0.25) is 0 Å². The molecule has 0 amide bonds. The topological polar surface area (TPSA) is 51.2 Å². The van der Waals surface area contributed by atoms with E-state index in [0.717, 1.165) is 19.3 Å². The van der Waals surface area contributed by atoms with E-state index in [9.17, 15) is 13.2 Å². The van der Waals surface area contributed by atoms with E-state index in [0.29, 0.717) is 6.42 Å². The van der Waals surface area contributed by atoms with Gasteiger partial charge in [-0.1, -0.05) is 0 Å². The van der Waals surface area contributed by atoms with Crippen molar-refractivity contribution < 1.29 is 13.2 Å². The molecule has 2 aliphatic rings. The van der Waals surface area contributed by atoms with Crippen molar-refractivity contribution in [2.75, 3.05) is 11.5 Å². The molecule has 1 saturated carbocycles. The van der Waals surface area contributed by atoms with E-state index in [1.807, 2.05) is 0 Å². The maximum absolute atomic E-state index is 11.6. The molecule has 0 radical (unpaired) electrons. The van der Waals surface area contributed by atoms with Gasteiger partial charge in [-0.25, -0.2) is 8.42 Å². The van der Waals surface area contributed by atoms with Gasteiger partial charge in [0.15, 0.2) is 9.84 Å². The van der Waals surface area contributed by atoms with Crippen LogP contribution in [0.25, 0.3) is 0 Å². The lowest BCUT2D eigenvalue weighted by Crippen LogP contribution is -2.31. The van der Waals surface area contributed by atoms with E-state index in [1.165, 1.54) is 0 Å². The Hall–Kier alpha value is -0.380. The van der Waals surface area contributed by atoms with Crippen LogP contribution in [0.5, 0.6) is 0 Å². The molecule has 1 heterocycles. The third-order valence-corrected chi connectivity index (χ3v) is 4.67. The predicted octanol–water partition coefficient (Wildman–Crippen LogP) is 0.790. The van der Waals surface area contributed by atoms with Crippen LogP contribution in [0.3, 0.4) is 0 Å². The second-order valence-corrected chi connectivity index (χ2v) is 6.36. The predicted molar refractivity (Wildman–Crippen MR) is 49.1 cm³/mol. The molecule has 13 heavy (non-hydrogen) atoms. The summed E-state index contributed by atoms with van der Waals surface area (Å²) in [6.07, 6.45) is 3.42. The van der Waals surface area contributed by atoms with Gasteiger partial charge in [-0.2, -0.15) is 0 Å². The SMILES string of the molecule is O=C(C1CC1)C1CCCS(=O)(=O)C1. The normalized spacial score (nSPS) is 32.8. The molecule has 3 nitrogen and oxygen atoms in total. The molecule has 4 heteroatoms. The molecular weight excluding hydrogens is 188 g/mol. The molecule has 1 aliphatic heterocycles. The Labute approximate surface area is 78.4 Å². The van der Waals surface area contributed by atoms with Crippen molar-refractivity contribution in [1.29, 1.82) is 0 Å². The number of Topliss-reactive ketones (excluding diaryl/α,β-unsaturated/α-hetero) is 1. The van der Waals surface area contributed by atoms with Crippen molar-refractivity contribution >= 4 is 15.6 Å². The fourth-order valence-electron chi connectivity index (χ4n) is 1.95. The molecule has 0 N–H and O–H groups in total. The highest BCUT2D eigenvalue weighted by molar-refractivity contribution is 7.91. The van der Waals surface area contributed by atoms with Crippen LogP contribution >= 0.6 is 0 Å². The Kier molecular flexibility index (Phi) is 2.18. The zero-order valence-corrected chi connectivity index (χ0v) is 8.35. The molecule has 0 spiro atoms. The van der Waals surface area contributed by atoms with Gasteiger partial charge in [0.1, 0.15) is 5.78 Å². The van der Waals surface area contributed by atoms with E-state index in [4.69, 9.17) is 0 Å². The van der Waals surface area contributed by atoms with Gasteiger partial charge >= 0.3 is 0 Å². The lowest BCUT2D eigenvalue weighted by molar-refractivity contribution is -0.123. The quantitative estimate of drug-likeness (QED) is 0.665. The summed E-state index contributed by atoms with van der Waals surface area (Å²) < 4.78 is 22.5. The van der Waals surface area contributed by atoms with E-state index in [1.54, 1.807) is 0 Å². The second-order valence-electron chi connectivity index (χ2n) is 4.13. The highest BCUT2D eigenvalue weighted by Crippen LogP contribution is 2.35. The summed E-state index contributed by atoms with van der Waals surface area (Å²) in [6.45, 7) is 0. The number of carbonyl (C=O) groups excluding carboxylic acids is 1. The van der Waals surface area contributed by atoms with Crippen molar-refractivity contribution in [2.24, 2.45) is 11.8 Å². The van der Waals surface area contributed by atoms with Gasteiger partial charge in [0, 0.05) is 11.8 Å². The summed E-state index contributed by atoms with van der Waals surface area (Å²) in [5.74, 6) is 0.636. The second kappa shape index (κ2) is 3.08. The number of sulfone groups is 1. The summed E-state index contributed by atoms with van der Waals surface area (Å²) in [6, 6.07) is 0. The monoisotopic (exact) mass is 202 g/mol. The van der Waals surface area contributed by atoms with Crippen LogP contribution < -0.4 is 0 Å². The molecule has 0 aromatic carbocycles. The first-order valence-corrected chi connectivity index (χ1v) is 6.65. The van der Waals surface area contributed by atoms with Gasteiger partial charge < -0.3 is 0 Å². The molecular formula is C9H14O3S. The summed E-state index contributed by atoms with van der Waals surface area (Å²) in [7, 11) is -2.90. The van der Waals surface area contributed by atoms with Crippen LogP contribution in [0, 0.1) is 11.8 Å². The molecule has 2 rings (SSSR count). The van der Waals surface area contributed by atoms with Crippen LogP contribution in [0.1, 0.15) is 25.7 Å². The Morgan fingerprint density at radius 1 is 1.08 bits per heavy atom. The largest absolute Gasteiger partial charge is 0.299 e. The molecule has 74 valence electrons. The van der Waals surface area contributed by atoms with Crippen molar-refractivity contribution in [3.8, 4) is 0 Å². The van der Waals surface area contributed by atoms with Gasteiger partial charge in [0.2, 0.25) is 0 Å². The van der Waals surface area contributed by atoms with Crippen LogP contribution in [-0.4, -0.2) is 25.7 Å². The van der Waals surface area contributed by atoms with Crippen LogP contribution in [0.4, 0.5) is 0 Å². The van der Waals surface area contributed by atoms with Gasteiger partial charge in [0.25, 0.3) is 0 Å². The van der Waals surface area contributed by atoms with Gasteiger partial charge in [0.05, 0.1) is 11.5 Å². The summed E-state index contributed by atoms with van der Waals surface area (Å²) in [5.41, 5.74) is 0. The third-order valence-electron chi connectivity index (χ3n) is 2.85. The average molecular weight is 202 g/mol. The molecule has 2 fully saturated rings. The van der Waals surface area contributed by atoms with Gasteiger partial charge in [-0.15, -0.1) is 0 Å². The molecule has 1 atom stereocenters. The van der Waals surface area contributed by atoms with Gasteiger partial charge in [-0.3, -0.25) is 4.79 Å². The molecule has 1 unspecified atom stereocenters. The Morgan fingerprint density at radius 2 is 1.77 bits per heavy atom. The summed E-state index contributed by atoms with van der Waals surface area (Å²) in [4.78, 5) is 11.6. The van der Waals surface area contributed by atoms with Crippen molar-refractivity contribution in [3.05, 3.63) is 0 Å². The van der Waals surface area contributed by atoms with E-state index in [2.05, 4.69) is 0 Å². The van der Waals surface area contributed by atoms with Crippen molar-refractivity contribution in [1.82, 2.24) is 0 Å². The van der Waals surface area contributed by atoms with Gasteiger partial charge in [-0.05, 0) is 25.7 Å². The number of hydrogen-bond donors (Lipinski definition) is 0. The standard InChI is InChI=1S/C9H14O3S/c10-9(7-3-4-7)8-2-1-5-13(11,12)6-8/h7-8H,1-6H2. The lowest BCUT2D eigenvalue weighted by atomic mass is 9.97. The van der Waals surface area contributed by atoms with Crippen molar-refractivity contribution in [3.63, 3.8) is 0 Å². The Balaban J connectivity index is 2.03. The molecule has 1 aliphatic carbocycles. The van der Waals surface area contributed by atoms with Crippen LogP contribution in [0.15, 0.2) is 0 Å².